The summed E-state index contributed by atoms with van der Waals surface area (Å²) in [6, 6.07) is 10.7. The number of aromatic carboxylic acids is 1. The normalized spacial score (nSPS) is 16.3. The second-order valence-corrected chi connectivity index (χ2v) is 8.41. The number of nitrogens with zero attached hydrogens (tertiary/aromatic N) is 5. The number of benzene rings is 1. The number of carboxylic acids is 1. The number of anilines is 2. The number of carbonyl (C=O) groups excluding carboxylic acids is 1. The maximum Gasteiger partial charge on any atom is 0.358 e. The van der Waals surface area contributed by atoms with Gasteiger partial charge in [-0.25, -0.2) is 14.6 Å². The summed E-state index contributed by atoms with van der Waals surface area (Å²) in [5.41, 5.74) is 0.796. The van der Waals surface area contributed by atoms with E-state index >= 15 is 0 Å². The van der Waals surface area contributed by atoms with Gasteiger partial charge in [0.2, 0.25) is 5.75 Å². The Bertz CT molecular complexity index is 1340. The van der Waals surface area contributed by atoms with Crippen LogP contribution in [-0.4, -0.2) is 77.8 Å². The molecule has 2 amide bonds. The maximum atomic E-state index is 13.6. The summed E-state index contributed by atoms with van der Waals surface area (Å²) in [7, 11) is 1.69. The molecule has 0 radical (unpaired) electrons. The van der Waals surface area contributed by atoms with Gasteiger partial charge < -0.3 is 24.4 Å². The molecule has 0 bridgehead atoms. The fourth-order valence-electron chi connectivity index (χ4n) is 4.26. The fraction of sp³-hybridized carbons (Fsp3) is 0.333. The van der Waals surface area contributed by atoms with E-state index in [0.29, 0.717) is 50.8 Å². The van der Waals surface area contributed by atoms with Crippen LogP contribution in [0.4, 0.5) is 16.2 Å². The van der Waals surface area contributed by atoms with Crippen LogP contribution in [0.3, 0.4) is 0 Å². The number of carboxylic acid groups (broad SMARTS) is 1. The summed E-state index contributed by atoms with van der Waals surface area (Å²) >= 11 is 0. The summed E-state index contributed by atoms with van der Waals surface area (Å²) in [5.74, 6) is -1.74. The summed E-state index contributed by atoms with van der Waals surface area (Å²) in [5, 5.41) is 9.85. The Kier molecular flexibility index (Phi) is 6.00. The molecule has 11 nitrogen and oxygen atoms in total. The number of fused-ring (bicyclic) bond motifs is 1. The lowest BCUT2D eigenvalue weighted by Gasteiger charge is -2.30. The van der Waals surface area contributed by atoms with Crippen LogP contribution >= 0.6 is 0 Å². The molecule has 2 aliphatic rings. The zero-order valence-electron chi connectivity index (χ0n) is 19.2. The van der Waals surface area contributed by atoms with Gasteiger partial charge in [0.25, 0.3) is 0 Å². The third-order valence-corrected chi connectivity index (χ3v) is 6.16. The van der Waals surface area contributed by atoms with Crippen molar-refractivity contribution in [3.05, 3.63) is 64.2 Å². The number of hydrogen-bond acceptors (Lipinski definition) is 7. The third kappa shape index (κ3) is 4.26. The Balaban J connectivity index is 1.68. The lowest BCUT2D eigenvalue weighted by atomic mass is 10.2. The van der Waals surface area contributed by atoms with Gasteiger partial charge in [-0.05, 0) is 11.6 Å². The first-order chi connectivity index (χ1) is 16.9. The number of morpholine rings is 1. The number of hydrogen-bond donors (Lipinski definition) is 1. The second kappa shape index (κ2) is 9.26. The van der Waals surface area contributed by atoms with E-state index in [2.05, 4.69) is 9.88 Å². The number of likely N-dealkylation sites (N-methyl/N-ethyl adjacent to an activating group) is 1. The van der Waals surface area contributed by atoms with Gasteiger partial charge in [0.1, 0.15) is 6.61 Å². The average Bonchev–Trinajstić information content (AvgIpc) is 3.21. The molecule has 2 fully saturated rings. The van der Waals surface area contributed by atoms with E-state index in [1.165, 1.54) is 9.30 Å². The molecule has 2 aromatic heterocycles. The van der Waals surface area contributed by atoms with Crippen LogP contribution in [0.2, 0.25) is 0 Å². The molecule has 35 heavy (non-hydrogen) atoms. The Hall–Kier alpha value is -4.12. The first kappa shape index (κ1) is 22.7. The van der Waals surface area contributed by atoms with Gasteiger partial charge >= 0.3 is 17.6 Å². The number of pyridine rings is 1. The molecule has 0 unspecified atom stereocenters. The molecule has 1 N–H and O–H groups in total. The lowest BCUT2D eigenvalue weighted by Crippen LogP contribution is -2.37. The Labute approximate surface area is 200 Å². The van der Waals surface area contributed by atoms with Crippen molar-refractivity contribution < 1.29 is 24.2 Å². The number of carbonyl (C=O) groups is 2. The van der Waals surface area contributed by atoms with Gasteiger partial charge in [-0.2, -0.15) is 0 Å². The van der Waals surface area contributed by atoms with Gasteiger partial charge in [-0.3, -0.25) is 14.1 Å². The number of amides is 2. The van der Waals surface area contributed by atoms with Gasteiger partial charge in [0.05, 0.1) is 24.6 Å². The molecule has 1 aromatic carbocycles. The number of urea groups is 1. The van der Waals surface area contributed by atoms with E-state index in [-0.39, 0.29) is 24.0 Å². The molecular formula is C24H25N5O6. The molecule has 0 saturated carbocycles. The molecule has 5 rings (SSSR count). The maximum absolute atomic E-state index is 13.6. The molecule has 2 aliphatic heterocycles. The molecule has 0 spiro atoms. The van der Waals surface area contributed by atoms with Crippen LogP contribution in [0.15, 0.2) is 47.4 Å². The summed E-state index contributed by atoms with van der Waals surface area (Å²) < 4.78 is 12.4. The van der Waals surface area contributed by atoms with E-state index in [0.717, 1.165) is 5.56 Å². The predicted molar refractivity (Wildman–Crippen MR) is 128 cm³/mol. The highest BCUT2D eigenvalue weighted by molar-refractivity contribution is 5.99. The molecule has 4 heterocycles. The molecule has 11 heteroatoms. The molecule has 2 saturated heterocycles. The van der Waals surface area contributed by atoms with E-state index in [1.807, 2.05) is 30.3 Å². The van der Waals surface area contributed by atoms with Crippen LogP contribution in [0.1, 0.15) is 16.1 Å². The van der Waals surface area contributed by atoms with Crippen molar-refractivity contribution >= 4 is 29.0 Å². The van der Waals surface area contributed by atoms with Gasteiger partial charge in [-0.15, -0.1) is 0 Å². The number of rotatable bonds is 6. The van der Waals surface area contributed by atoms with Crippen LogP contribution in [-0.2, 0) is 11.3 Å². The van der Waals surface area contributed by atoms with Crippen molar-refractivity contribution in [3.63, 3.8) is 0 Å². The molecule has 182 valence electrons. The smallest absolute Gasteiger partial charge is 0.358 e. The van der Waals surface area contributed by atoms with E-state index < -0.39 is 17.2 Å². The second-order valence-electron chi connectivity index (χ2n) is 8.41. The first-order valence-corrected chi connectivity index (χ1v) is 11.3. The van der Waals surface area contributed by atoms with Crippen molar-refractivity contribution in [1.29, 1.82) is 0 Å². The highest BCUT2D eigenvalue weighted by atomic mass is 16.5. The van der Waals surface area contributed by atoms with Crippen molar-refractivity contribution in [3.8, 4) is 5.75 Å². The quantitative estimate of drug-likeness (QED) is 0.568. The zero-order chi connectivity index (χ0) is 24.5. The predicted octanol–water partition coefficient (Wildman–Crippen LogP) is 1.68. The van der Waals surface area contributed by atoms with Crippen LogP contribution in [0.25, 0.3) is 5.65 Å². The minimum atomic E-state index is -1.39. The Morgan fingerprint density at radius 1 is 1.11 bits per heavy atom. The van der Waals surface area contributed by atoms with Crippen LogP contribution in [0.5, 0.6) is 5.75 Å². The molecule has 3 aromatic rings. The fourth-order valence-corrected chi connectivity index (χ4v) is 4.26. The monoisotopic (exact) mass is 479 g/mol. The zero-order valence-corrected chi connectivity index (χ0v) is 19.2. The van der Waals surface area contributed by atoms with Crippen LogP contribution in [0, 0.1) is 0 Å². The Morgan fingerprint density at radius 3 is 2.51 bits per heavy atom. The van der Waals surface area contributed by atoms with Crippen molar-refractivity contribution in [2.45, 2.75) is 6.61 Å². The van der Waals surface area contributed by atoms with Crippen molar-refractivity contribution in [2.75, 3.05) is 56.2 Å². The largest absolute Gasteiger partial charge is 0.481 e. The van der Waals surface area contributed by atoms with Gasteiger partial charge in [-0.1, -0.05) is 30.3 Å². The van der Waals surface area contributed by atoms with Crippen molar-refractivity contribution in [1.82, 2.24) is 14.3 Å². The number of aromatic nitrogens is 2. The van der Waals surface area contributed by atoms with Gasteiger partial charge in [0.15, 0.2) is 11.3 Å². The SMILES string of the molecule is CN1CCN(c2cc(N3CCOCC3)cn3c(=O)c(OCc4ccccc4)c(C(=O)O)nc23)C1=O. The first-order valence-electron chi connectivity index (χ1n) is 11.3. The molecular weight excluding hydrogens is 454 g/mol. The van der Waals surface area contributed by atoms with E-state index in [1.54, 1.807) is 24.2 Å². The molecule has 0 atom stereocenters. The standard InChI is InChI=1S/C24H25N5O6/c1-26-7-8-28(24(26)33)18-13-17(27-9-11-34-12-10-27)14-29-21(18)25-19(23(31)32)20(22(29)30)35-15-16-5-3-2-4-6-16/h2-6,13-14H,7-12,15H2,1H3,(H,31,32). The third-order valence-electron chi connectivity index (χ3n) is 6.16. The topological polar surface area (TPSA) is 117 Å². The van der Waals surface area contributed by atoms with Gasteiger partial charge in [0, 0.05) is 39.4 Å². The van der Waals surface area contributed by atoms with Crippen LogP contribution < -0.4 is 20.1 Å². The van der Waals surface area contributed by atoms with E-state index in [9.17, 15) is 19.5 Å². The summed E-state index contributed by atoms with van der Waals surface area (Å²) in [6.45, 7) is 3.21. The Morgan fingerprint density at radius 2 is 1.86 bits per heavy atom. The average molecular weight is 479 g/mol. The van der Waals surface area contributed by atoms with E-state index in [4.69, 9.17) is 9.47 Å². The molecule has 0 aliphatic carbocycles. The highest BCUT2D eigenvalue weighted by Gasteiger charge is 2.31. The minimum absolute atomic E-state index is 0.00945. The van der Waals surface area contributed by atoms with Crippen molar-refractivity contribution in [2.24, 2.45) is 0 Å². The number of ether oxygens (including phenoxy) is 2. The summed E-state index contributed by atoms with van der Waals surface area (Å²) in [6.07, 6.45) is 1.62. The summed E-state index contributed by atoms with van der Waals surface area (Å²) in [4.78, 5) is 48.0. The highest BCUT2D eigenvalue weighted by Crippen LogP contribution is 2.30. The minimum Gasteiger partial charge on any atom is -0.481 e. The lowest BCUT2D eigenvalue weighted by molar-refractivity contribution is 0.0684.